The van der Waals surface area contributed by atoms with Gasteiger partial charge in [-0.2, -0.15) is 0 Å². The number of benzene rings is 2. The van der Waals surface area contributed by atoms with Crippen LogP contribution in [0.4, 0.5) is 11.4 Å². The zero-order chi connectivity index (χ0) is 19.2. The van der Waals surface area contributed by atoms with E-state index in [1.54, 1.807) is 12.1 Å². The quantitative estimate of drug-likeness (QED) is 0.474. The van der Waals surface area contributed by atoms with E-state index in [0.717, 1.165) is 24.3 Å². The van der Waals surface area contributed by atoms with Crippen molar-refractivity contribution in [2.45, 2.75) is 30.5 Å². The second-order valence-electron chi connectivity index (χ2n) is 7.11. The van der Waals surface area contributed by atoms with Gasteiger partial charge in [-0.25, -0.2) is 0 Å². The normalized spacial score (nSPS) is 30.6. The van der Waals surface area contributed by atoms with E-state index in [9.17, 15) is 25.5 Å². The fourth-order valence-corrected chi connectivity index (χ4v) is 3.99. The molecule has 4 rings (SSSR count). The van der Waals surface area contributed by atoms with Crippen LogP contribution in [0.5, 0.6) is 5.75 Å². The Labute approximate surface area is 156 Å². The van der Waals surface area contributed by atoms with Crippen LogP contribution >= 0.6 is 0 Å². The van der Waals surface area contributed by atoms with Gasteiger partial charge < -0.3 is 35.2 Å². The number of hydrogen-bond acceptors (Lipinski definition) is 7. The lowest BCUT2D eigenvalue weighted by Crippen LogP contribution is -2.76. The Morgan fingerprint density at radius 3 is 2.52 bits per heavy atom. The molecule has 0 radical (unpaired) electrons. The van der Waals surface area contributed by atoms with Crippen LogP contribution < -0.4 is 9.64 Å². The molecule has 5 N–H and O–H groups in total. The third-order valence-corrected chi connectivity index (χ3v) is 5.68. The van der Waals surface area contributed by atoms with E-state index >= 15 is 0 Å². The number of fused-ring (bicyclic) bond motifs is 1. The summed E-state index contributed by atoms with van der Waals surface area (Å²) < 4.78 is 5.36. The lowest BCUT2D eigenvalue weighted by Gasteiger charge is -2.53. The van der Waals surface area contributed by atoms with Gasteiger partial charge >= 0.3 is 0 Å². The van der Waals surface area contributed by atoms with Crippen molar-refractivity contribution >= 4 is 11.4 Å². The molecule has 1 aliphatic carbocycles. The maximum absolute atomic E-state index is 10.4. The number of anilines is 2. The number of aliphatic hydroxyl groups excluding tert-OH is 4. The first kappa shape index (κ1) is 18.2. The summed E-state index contributed by atoms with van der Waals surface area (Å²) in [5, 5.41) is 49.3. The van der Waals surface area contributed by atoms with E-state index in [1.165, 1.54) is 5.56 Å². The Morgan fingerprint density at radius 1 is 1.11 bits per heavy atom. The predicted molar refractivity (Wildman–Crippen MR) is 97.8 cm³/mol. The Morgan fingerprint density at radius 2 is 1.81 bits per heavy atom. The number of ether oxygens (including phenoxy) is 1. The lowest BCUT2D eigenvalue weighted by atomic mass is 9.64. The molecule has 144 valence electrons. The smallest absolute Gasteiger partial charge is 0.229 e. The number of aliphatic hydroxyl groups is 5. The van der Waals surface area contributed by atoms with Crippen LogP contribution in [0, 0.1) is 5.92 Å². The largest absolute Gasteiger partial charge is 0.462 e. The maximum Gasteiger partial charge on any atom is 0.229 e. The first-order valence-corrected chi connectivity index (χ1v) is 8.96. The molecular formula is C20H23NO6. The van der Waals surface area contributed by atoms with Crippen molar-refractivity contribution in [1.29, 1.82) is 0 Å². The van der Waals surface area contributed by atoms with Crippen molar-refractivity contribution in [3.8, 4) is 5.75 Å². The highest BCUT2D eigenvalue weighted by Gasteiger charge is 2.65. The Hall–Kier alpha value is -2.16. The molecule has 1 aliphatic heterocycles. The van der Waals surface area contributed by atoms with Gasteiger partial charge in [0, 0.05) is 23.8 Å². The van der Waals surface area contributed by atoms with Gasteiger partial charge in [0.2, 0.25) is 6.29 Å². The molecule has 0 saturated heterocycles. The number of hydrogen-bond donors (Lipinski definition) is 5. The lowest BCUT2D eigenvalue weighted by molar-refractivity contribution is -0.332. The van der Waals surface area contributed by atoms with E-state index < -0.39 is 36.6 Å². The predicted octanol–water partition coefficient (Wildman–Crippen LogP) is 0.153. The maximum atomic E-state index is 10.4. The molecule has 2 aliphatic rings. The van der Waals surface area contributed by atoms with Crippen LogP contribution in [0.3, 0.4) is 0 Å². The molecule has 7 nitrogen and oxygen atoms in total. The molecule has 0 amide bonds. The van der Waals surface area contributed by atoms with Crippen molar-refractivity contribution in [1.82, 2.24) is 0 Å². The molecule has 0 bridgehead atoms. The molecule has 27 heavy (non-hydrogen) atoms. The molecule has 2 aromatic carbocycles. The molecule has 2 aromatic rings. The minimum Gasteiger partial charge on any atom is -0.462 e. The molecule has 3 unspecified atom stereocenters. The van der Waals surface area contributed by atoms with Crippen molar-refractivity contribution < 1.29 is 30.3 Å². The van der Waals surface area contributed by atoms with Crippen molar-refractivity contribution in [2.24, 2.45) is 5.92 Å². The van der Waals surface area contributed by atoms with Crippen molar-refractivity contribution in [3.05, 3.63) is 54.1 Å². The van der Waals surface area contributed by atoms with Gasteiger partial charge in [0.05, 0.1) is 12.7 Å². The molecule has 7 heteroatoms. The highest BCUT2D eigenvalue weighted by Crippen LogP contribution is 2.42. The van der Waals surface area contributed by atoms with Crippen molar-refractivity contribution in [3.63, 3.8) is 0 Å². The summed E-state index contributed by atoms with van der Waals surface area (Å²) in [4.78, 5) is 2.19. The van der Waals surface area contributed by atoms with E-state index in [4.69, 9.17) is 4.74 Å². The summed E-state index contributed by atoms with van der Waals surface area (Å²) in [6.07, 6.45) is -3.71. The van der Waals surface area contributed by atoms with Crippen LogP contribution in [-0.4, -0.2) is 62.8 Å². The highest BCUT2D eigenvalue weighted by molar-refractivity contribution is 5.70. The summed E-state index contributed by atoms with van der Waals surface area (Å²) in [7, 11) is 0. The summed E-state index contributed by atoms with van der Waals surface area (Å²) >= 11 is 0. The molecule has 1 heterocycles. The van der Waals surface area contributed by atoms with E-state index in [-0.39, 0.29) is 0 Å². The van der Waals surface area contributed by atoms with E-state index in [0.29, 0.717) is 5.75 Å². The first-order chi connectivity index (χ1) is 13.0. The topological polar surface area (TPSA) is 114 Å². The highest BCUT2D eigenvalue weighted by atomic mass is 16.6. The standard InChI is InChI=1S/C20H23NO6/c22-11-15-17(23)18(24)20(15,26)19(25)27-14-7-5-13(6-8-14)21-10-9-12-3-1-2-4-16(12)21/h1-8,15,17-19,22-26H,9-11H2/t15?,17-,18?,19-,20?/m1/s1. The van der Waals surface area contributed by atoms with E-state index in [2.05, 4.69) is 17.0 Å². The van der Waals surface area contributed by atoms with Gasteiger partial charge in [-0.05, 0) is 42.3 Å². The van der Waals surface area contributed by atoms with Crippen molar-refractivity contribution in [2.75, 3.05) is 18.1 Å². The summed E-state index contributed by atoms with van der Waals surface area (Å²) in [6, 6.07) is 15.2. The Bertz CT molecular complexity index is 812. The summed E-state index contributed by atoms with van der Waals surface area (Å²) in [6.45, 7) is 0.298. The van der Waals surface area contributed by atoms with Gasteiger partial charge in [0.15, 0.2) is 5.60 Å². The Balaban J connectivity index is 1.47. The second-order valence-corrected chi connectivity index (χ2v) is 7.11. The van der Waals surface area contributed by atoms with Gasteiger partial charge in [-0.1, -0.05) is 18.2 Å². The zero-order valence-electron chi connectivity index (χ0n) is 14.6. The average Bonchev–Trinajstić information content (AvgIpc) is 3.12. The van der Waals surface area contributed by atoms with Gasteiger partial charge in [-0.15, -0.1) is 0 Å². The fourth-order valence-electron chi connectivity index (χ4n) is 3.99. The summed E-state index contributed by atoms with van der Waals surface area (Å²) in [5.41, 5.74) is 1.31. The summed E-state index contributed by atoms with van der Waals surface area (Å²) in [5.74, 6) is -0.777. The number of para-hydroxylation sites is 1. The first-order valence-electron chi connectivity index (χ1n) is 8.96. The minimum absolute atomic E-state index is 0.303. The van der Waals surface area contributed by atoms with Crippen LogP contribution in [0.2, 0.25) is 0 Å². The third-order valence-electron chi connectivity index (χ3n) is 5.68. The zero-order valence-corrected chi connectivity index (χ0v) is 14.6. The molecule has 5 atom stereocenters. The van der Waals surface area contributed by atoms with Crippen LogP contribution in [0.1, 0.15) is 5.56 Å². The SMILES string of the molecule is OCC1[C@@H](O)C(O)C1(O)[C@H](O)Oc1ccc(N2CCc3ccccc32)cc1. The average molecular weight is 373 g/mol. The molecule has 0 aromatic heterocycles. The molecule has 1 saturated carbocycles. The second kappa shape index (κ2) is 6.78. The van der Waals surface area contributed by atoms with E-state index in [1.807, 2.05) is 24.3 Å². The Kier molecular flexibility index (Phi) is 4.57. The monoisotopic (exact) mass is 373 g/mol. The third kappa shape index (κ3) is 2.79. The molecule has 0 spiro atoms. The molecule has 1 fully saturated rings. The van der Waals surface area contributed by atoms with Crippen LogP contribution in [0.15, 0.2) is 48.5 Å². The minimum atomic E-state index is -2.12. The van der Waals surface area contributed by atoms with Crippen LogP contribution in [0.25, 0.3) is 0 Å². The van der Waals surface area contributed by atoms with Gasteiger partial charge in [0.1, 0.15) is 11.9 Å². The fraction of sp³-hybridized carbons (Fsp3) is 0.400. The molecular weight excluding hydrogens is 350 g/mol. The number of rotatable bonds is 5. The van der Waals surface area contributed by atoms with Crippen LogP contribution in [-0.2, 0) is 6.42 Å². The number of nitrogens with zero attached hydrogens (tertiary/aromatic N) is 1. The van der Waals surface area contributed by atoms with Gasteiger partial charge in [-0.3, -0.25) is 0 Å². The van der Waals surface area contributed by atoms with Gasteiger partial charge in [0.25, 0.3) is 0 Å².